The summed E-state index contributed by atoms with van der Waals surface area (Å²) in [6, 6.07) is -0.875. The van der Waals surface area contributed by atoms with Gasteiger partial charge in [-0.25, -0.2) is 9.78 Å². The molecule has 1 fully saturated rings. The summed E-state index contributed by atoms with van der Waals surface area (Å²) in [6.45, 7) is 0.749. The highest BCUT2D eigenvalue weighted by atomic mass is 16.5. The summed E-state index contributed by atoms with van der Waals surface area (Å²) in [5.74, 6) is -0.851. The van der Waals surface area contributed by atoms with Gasteiger partial charge in [0.15, 0.2) is 11.9 Å². The number of rotatable bonds is 2. The Morgan fingerprint density at radius 1 is 1.71 bits per heavy atom. The number of aliphatic carboxylic acids is 1. The van der Waals surface area contributed by atoms with Crippen LogP contribution in [-0.4, -0.2) is 46.8 Å². The van der Waals surface area contributed by atoms with E-state index in [1.165, 1.54) is 11.2 Å². The van der Waals surface area contributed by atoms with Crippen LogP contribution in [0.4, 0.5) is 11.5 Å². The number of nitrogens with one attached hydrogen (secondary N) is 1. The molecule has 0 spiro atoms. The number of aromatic nitrogens is 2. The number of carboxylic acids is 1. The fraction of sp³-hybridized carbons (Fsp3) is 0.444. The standard InChI is InChI=1S/C9H12N4O4/c10-6-7(11-4-12-8(6)14)13-1-2-17-3-5(13)9(15)16/h4-5H,1-3,10H2,(H,15,16)(H,11,12,14). The Labute approximate surface area is 96.0 Å². The largest absolute Gasteiger partial charge is 0.480 e. The summed E-state index contributed by atoms with van der Waals surface area (Å²) in [5, 5.41) is 9.05. The molecule has 0 amide bonds. The number of hydrogen-bond acceptors (Lipinski definition) is 6. The van der Waals surface area contributed by atoms with Crippen molar-refractivity contribution in [2.45, 2.75) is 6.04 Å². The van der Waals surface area contributed by atoms with Crippen LogP contribution in [0.5, 0.6) is 0 Å². The smallest absolute Gasteiger partial charge is 0.328 e. The number of ether oxygens (including phenoxy) is 1. The maximum atomic E-state index is 11.3. The van der Waals surface area contributed by atoms with Crippen molar-refractivity contribution in [2.75, 3.05) is 30.4 Å². The average molecular weight is 240 g/mol. The highest BCUT2D eigenvalue weighted by Gasteiger charge is 2.31. The van der Waals surface area contributed by atoms with Crippen LogP contribution < -0.4 is 16.2 Å². The predicted molar refractivity (Wildman–Crippen MR) is 58.9 cm³/mol. The molecule has 0 aromatic carbocycles. The number of carboxylic acid groups (broad SMARTS) is 1. The van der Waals surface area contributed by atoms with Crippen molar-refractivity contribution in [3.05, 3.63) is 16.7 Å². The Balaban J connectivity index is 2.39. The molecule has 2 heterocycles. The zero-order chi connectivity index (χ0) is 12.4. The van der Waals surface area contributed by atoms with E-state index in [0.29, 0.717) is 13.2 Å². The molecule has 2 rings (SSSR count). The number of carbonyl (C=O) groups is 1. The minimum atomic E-state index is -1.04. The lowest BCUT2D eigenvalue weighted by Crippen LogP contribution is -2.51. The fourth-order valence-electron chi connectivity index (χ4n) is 1.69. The first-order chi connectivity index (χ1) is 8.11. The van der Waals surface area contributed by atoms with E-state index in [2.05, 4.69) is 9.97 Å². The topological polar surface area (TPSA) is 122 Å². The zero-order valence-electron chi connectivity index (χ0n) is 8.92. The summed E-state index contributed by atoms with van der Waals surface area (Å²) in [6.07, 6.45) is 1.20. The number of anilines is 2. The number of hydrogen-bond donors (Lipinski definition) is 3. The number of morpholine rings is 1. The van der Waals surface area contributed by atoms with Gasteiger partial charge in [0.2, 0.25) is 0 Å². The summed E-state index contributed by atoms with van der Waals surface area (Å²) in [7, 11) is 0. The van der Waals surface area contributed by atoms with Crippen molar-refractivity contribution < 1.29 is 14.6 Å². The Kier molecular flexibility index (Phi) is 2.96. The fourth-order valence-corrected chi connectivity index (χ4v) is 1.69. The Morgan fingerprint density at radius 2 is 2.47 bits per heavy atom. The van der Waals surface area contributed by atoms with Crippen molar-refractivity contribution in [3.8, 4) is 0 Å². The van der Waals surface area contributed by atoms with E-state index >= 15 is 0 Å². The molecule has 17 heavy (non-hydrogen) atoms. The first-order valence-electron chi connectivity index (χ1n) is 5.01. The number of nitrogens with zero attached hydrogens (tertiary/aromatic N) is 2. The first kappa shape index (κ1) is 11.4. The van der Waals surface area contributed by atoms with Crippen LogP contribution in [-0.2, 0) is 9.53 Å². The van der Waals surface area contributed by atoms with E-state index in [0.717, 1.165) is 0 Å². The molecule has 0 aliphatic carbocycles. The van der Waals surface area contributed by atoms with Gasteiger partial charge in [-0.2, -0.15) is 0 Å². The van der Waals surface area contributed by atoms with Crippen molar-refractivity contribution in [1.82, 2.24) is 9.97 Å². The predicted octanol–water partition coefficient (Wildman–Crippen LogP) is -1.36. The molecule has 1 unspecified atom stereocenters. The quantitative estimate of drug-likeness (QED) is 0.583. The van der Waals surface area contributed by atoms with E-state index in [1.807, 2.05) is 0 Å². The second kappa shape index (κ2) is 4.42. The highest BCUT2D eigenvalue weighted by Crippen LogP contribution is 2.20. The zero-order valence-corrected chi connectivity index (χ0v) is 8.92. The van der Waals surface area contributed by atoms with Gasteiger partial charge in [-0.3, -0.25) is 4.79 Å². The van der Waals surface area contributed by atoms with Gasteiger partial charge >= 0.3 is 5.97 Å². The van der Waals surface area contributed by atoms with E-state index in [1.54, 1.807) is 0 Å². The van der Waals surface area contributed by atoms with E-state index < -0.39 is 17.6 Å². The van der Waals surface area contributed by atoms with Gasteiger partial charge in [-0.1, -0.05) is 0 Å². The van der Waals surface area contributed by atoms with Crippen molar-refractivity contribution in [3.63, 3.8) is 0 Å². The minimum absolute atomic E-state index is 0.0449. The third-order valence-corrected chi connectivity index (χ3v) is 2.55. The van der Waals surface area contributed by atoms with Crippen molar-refractivity contribution in [1.29, 1.82) is 0 Å². The molecular formula is C9H12N4O4. The van der Waals surface area contributed by atoms with Gasteiger partial charge in [-0.15, -0.1) is 0 Å². The summed E-state index contributed by atoms with van der Waals surface area (Å²) in [5.41, 5.74) is 5.03. The van der Waals surface area contributed by atoms with Gasteiger partial charge < -0.3 is 25.5 Å². The molecule has 0 saturated carbocycles. The molecule has 0 radical (unpaired) electrons. The molecule has 1 saturated heterocycles. The molecule has 92 valence electrons. The SMILES string of the molecule is Nc1c(N2CCOCC2C(=O)O)nc[nH]c1=O. The van der Waals surface area contributed by atoms with Gasteiger partial charge in [0.05, 0.1) is 19.5 Å². The molecule has 1 aromatic heterocycles. The van der Waals surface area contributed by atoms with E-state index in [4.69, 9.17) is 15.6 Å². The molecule has 8 heteroatoms. The lowest BCUT2D eigenvalue weighted by molar-refractivity contribution is -0.141. The third kappa shape index (κ3) is 2.07. The molecule has 8 nitrogen and oxygen atoms in total. The number of aromatic amines is 1. The van der Waals surface area contributed by atoms with Crippen LogP contribution in [0.3, 0.4) is 0 Å². The summed E-state index contributed by atoms with van der Waals surface area (Å²) < 4.78 is 5.09. The van der Waals surface area contributed by atoms with Gasteiger partial charge in [0, 0.05) is 6.54 Å². The molecule has 4 N–H and O–H groups in total. The highest BCUT2D eigenvalue weighted by molar-refractivity contribution is 5.80. The molecule has 1 aliphatic heterocycles. The average Bonchev–Trinajstić information content (AvgIpc) is 2.33. The van der Waals surface area contributed by atoms with Gasteiger partial charge in [0.1, 0.15) is 5.69 Å². The van der Waals surface area contributed by atoms with E-state index in [-0.39, 0.29) is 18.1 Å². The third-order valence-electron chi connectivity index (χ3n) is 2.55. The van der Waals surface area contributed by atoms with Crippen LogP contribution in [0.25, 0.3) is 0 Å². The maximum Gasteiger partial charge on any atom is 0.328 e. The first-order valence-corrected chi connectivity index (χ1v) is 5.01. The monoisotopic (exact) mass is 240 g/mol. The minimum Gasteiger partial charge on any atom is -0.480 e. The van der Waals surface area contributed by atoms with Crippen LogP contribution in [0.1, 0.15) is 0 Å². The number of H-pyrrole nitrogens is 1. The second-order valence-electron chi connectivity index (χ2n) is 3.59. The molecule has 0 bridgehead atoms. The number of nitrogen functional groups attached to an aromatic ring is 1. The van der Waals surface area contributed by atoms with Gasteiger partial charge in [-0.05, 0) is 0 Å². The number of nitrogens with two attached hydrogens (primary N) is 1. The maximum absolute atomic E-state index is 11.3. The molecular weight excluding hydrogens is 228 g/mol. The summed E-state index contributed by atoms with van der Waals surface area (Å²) >= 11 is 0. The Morgan fingerprint density at radius 3 is 3.18 bits per heavy atom. The van der Waals surface area contributed by atoms with Crippen molar-refractivity contribution >= 4 is 17.5 Å². The molecule has 1 atom stereocenters. The normalized spacial score (nSPS) is 20.2. The van der Waals surface area contributed by atoms with Crippen LogP contribution in [0, 0.1) is 0 Å². The second-order valence-corrected chi connectivity index (χ2v) is 3.59. The van der Waals surface area contributed by atoms with Crippen LogP contribution >= 0.6 is 0 Å². The lowest BCUT2D eigenvalue weighted by atomic mass is 10.2. The Hall–Kier alpha value is -2.09. The van der Waals surface area contributed by atoms with E-state index in [9.17, 15) is 9.59 Å². The molecule has 1 aliphatic rings. The van der Waals surface area contributed by atoms with Gasteiger partial charge in [0.25, 0.3) is 5.56 Å². The summed E-state index contributed by atoms with van der Waals surface area (Å²) in [4.78, 5) is 30.1. The molecule has 1 aromatic rings. The van der Waals surface area contributed by atoms with Crippen molar-refractivity contribution in [2.24, 2.45) is 0 Å². The van der Waals surface area contributed by atoms with Crippen LogP contribution in [0.15, 0.2) is 11.1 Å². The lowest BCUT2D eigenvalue weighted by Gasteiger charge is -2.33. The Bertz CT molecular complexity index is 486. The van der Waals surface area contributed by atoms with Crippen LogP contribution in [0.2, 0.25) is 0 Å².